The van der Waals surface area contributed by atoms with Crippen LogP contribution in [-0.2, 0) is 24.0 Å². The summed E-state index contributed by atoms with van der Waals surface area (Å²) in [6, 6.07) is -4.43. The monoisotopic (exact) mass is 443 g/mol. The summed E-state index contributed by atoms with van der Waals surface area (Å²) in [5, 5.41) is 23.6. The van der Waals surface area contributed by atoms with Crippen molar-refractivity contribution in [2.75, 3.05) is 13.2 Å². The molecule has 1 rings (SSSR count). The Hall–Kier alpha value is -2.73. The molecule has 0 radical (unpaired) electrons. The maximum Gasteiger partial charge on any atom is 0.326 e. The van der Waals surface area contributed by atoms with Crippen molar-refractivity contribution in [1.82, 2.24) is 15.5 Å². The average Bonchev–Trinajstić information content (AvgIpc) is 3.22. The van der Waals surface area contributed by atoms with Gasteiger partial charge in [0, 0.05) is 13.0 Å². The SMILES string of the molecule is CCC(C)C(NC(=O)C(CO)NC(=O)C1CCCN1C(=O)C(N)CCC(N)=O)C(=O)O. The highest BCUT2D eigenvalue weighted by atomic mass is 16.4. The van der Waals surface area contributed by atoms with Crippen molar-refractivity contribution in [3.63, 3.8) is 0 Å². The smallest absolute Gasteiger partial charge is 0.326 e. The molecule has 1 aliphatic rings. The van der Waals surface area contributed by atoms with Crippen molar-refractivity contribution >= 4 is 29.6 Å². The number of hydrogen-bond acceptors (Lipinski definition) is 7. The van der Waals surface area contributed by atoms with Crippen molar-refractivity contribution < 1.29 is 34.2 Å². The van der Waals surface area contributed by atoms with Gasteiger partial charge in [0.25, 0.3) is 0 Å². The van der Waals surface area contributed by atoms with E-state index in [1.807, 2.05) is 0 Å². The van der Waals surface area contributed by atoms with Gasteiger partial charge in [0.05, 0.1) is 12.6 Å². The maximum absolute atomic E-state index is 12.7. The Kier molecular flexibility index (Phi) is 10.4. The molecule has 0 aliphatic carbocycles. The Labute approximate surface area is 180 Å². The van der Waals surface area contributed by atoms with Crippen molar-refractivity contribution in [2.45, 2.75) is 70.1 Å². The van der Waals surface area contributed by atoms with Crippen LogP contribution in [0, 0.1) is 5.92 Å². The van der Waals surface area contributed by atoms with Crippen molar-refractivity contribution in [3.05, 3.63) is 0 Å². The highest BCUT2D eigenvalue weighted by Gasteiger charge is 2.38. The van der Waals surface area contributed by atoms with Gasteiger partial charge < -0.3 is 37.2 Å². The zero-order valence-corrected chi connectivity index (χ0v) is 17.9. The third kappa shape index (κ3) is 7.47. The summed E-state index contributed by atoms with van der Waals surface area (Å²) in [6.45, 7) is 2.97. The van der Waals surface area contributed by atoms with Crippen LogP contribution < -0.4 is 22.1 Å². The van der Waals surface area contributed by atoms with Gasteiger partial charge in [-0.2, -0.15) is 0 Å². The number of amides is 4. The van der Waals surface area contributed by atoms with Gasteiger partial charge in [0.2, 0.25) is 23.6 Å². The fraction of sp³-hybridized carbons (Fsp3) is 0.737. The molecule has 8 N–H and O–H groups in total. The number of aliphatic hydroxyl groups is 1. The van der Waals surface area contributed by atoms with E-state index in [1.54, 1.807) is 13.8 Å². The van der Waals surface area contributed by atoms with Gasteiger partial charge in [-0.15, -0.1) is 0 Å². The van der Waals surface area contributed by atoms with Gasteiger partial charge in [-0.05, 0) is 25.2 Å². The summed E-state index contributed by atoms with van der Waals surface area (Å²) >= 11 is 0. The number of rotatable bonds is 12. The minimum atomic E-state index is -1.38. The van der Waals surface area contributed by atoms with E-state index in [2.05, 4.69) is 10.6 Å². The van der Waals surface area contributed by atoms with E-state index >= 15 is 0 Å². The molecule has 0 aromatic heterocycles. The molecule has 31 heavy (non-hydrogen) atoms. The fourth-order valence-corrected chi connectivity index (χ4v) is 3.34. The first-order chi connectivity index (χ1) is 14.5. The van der Waals surface area contributed by atoms with Crippen LogP contribution in [0.2, 0.25) is 0 Å². The van der Waals surface area contributed by atoms with E-state index in [1.165, 1.54) is 4.90 Å². The third-order valence-electron chi connectivity index (χ3n) is 5.45. The van der Waals surface area contributed by atoms with Gasteiger partial charge in [-0.1, -0.05) is 20.3 Å². The van der Waals surface area contributed by atoms with E-state index in [0.29, 0.717) is 19.3 Å². The molecule has 0 spiro atoms. The molecule has 1 heterocycles. The quantitative estimate of drug-likeness (QED) is 0.192. The second-order valence-corrected chi connectivity index (χ2v) is 7.75. The van der Waals surface area contributed by atoms with E-state index in [0.717, 1.165) is 0 Å². The molecule has 4 amide bonds. The zero-order chi connectivity index (χ0) is 23.7. The lowest BCUT2D eigenvalue weighted by Crippen LogP contribution is -2.58. The molecule has 5 unspecified atom stereocenters. The minimum absolute atomic E-state index is 0.0485. The van der Waals surface area contributed by atoms with Crippen molar-refractivity contribution in [1.29, 1.82) is 0 Å². The van der Waals surface area contributed by atoms with Crippen LogP contribution in [0.15, 0.2) is 0 Å². The summed E-state index contributed by atoms with van der Waals surface area (Å²) in [7, 11) is 0. The largest absolute Gasteiger partial charge is 0.480 e. The first kappa shape index (κ1) is 26.3. The van der Waals surface area contributed by atoms with Gasteiger partial charge in [0.1, 0.15) is 18.1 Å². The van der Waals surface area contributed by atoms with E-state index in [4.69, 9.17) is 11.5 Å². The van der Waals surface area contributed by atoms with E-state index in [-0.39, 0.29) is 25.3 Å². The summed E-state index contributed by atoms with van der Waals surface area (Å²) in [4.78, 5) is 61.3. The molecule has 12 nitrogen and oxygen atoms in total. The predicted octanol–water partition coefficient (Wildman–Crippen LogP) is -2.34. The maximum atomic E-state index is 12.7. The number of aliphatic hydroxyl groups excluding tert-OH is 1. The second-order valence-electron chi connectivity index (χ2n) is 7.75. The molecule has 5 atom stereocenters. The number of nitrogens with two attached hydrogens (primary N) is 2. The normalized spacial score (nSPS) is 19.7. The predicted molar refractivity (Wildman–Crippen MR) is 109 cm³/mol. The molecule has 1 aliphatic heterocycles. The highest BCUT2D eigenvalue weighted by molar-refractivity contribution is 5.94. The Morgan fingerprint density at radius 3 is 2.35 bits per heavy atom. The molecule has 0 bridgehead atoms. The fourth-order valence-electron chi connectivity index (χ4n) is 3.34. The van der Waals surface area contributed by atoms with Crippen molar-refractivity contribution in [3.8, 4) is 0 Å². The molecular formula is C19H33N5O7. The molecule has 12 heteroatoms. The van der Waals surface area contributed by atoms with E-state index < -0.39 is 60.4 Å². The molecule has 1 saturated heterocycles. The topological polar surface area (TPSA) is 205 Å². The number of nitrogens with zero attached hydrogens (tertiary/aromatic N) is 1. The van der Waals surface area contributed by atoms with E-state index in [9.17, 15) is 34.2 Å². The number of carboxylic acid groups (broad SMARTS) is 1. The van der Waals surface area contributed by atoms with Crippen LogP contribution in [0.1, 0.15) is 46.0 Å². The number of carboxylic acids is 1. The van der Waals surface area contributed by atoms with Crippen LogP contribution in [0.3, 0.4) is 0 Å². The van der Waals surface area contributed by atoms with Crippen LogP contribution in [-0.4, -0.2) is 82.0 Å². The van der Waals surface area contributed by atoms with Gasteiger partial charge in [-0.25, -0.2) is 4.79 Å². The number of nitrogens with one attached hydrogen (secondary N) is 2. The first-order valence-electron chi connectivity index (χ1n) is 10.3. The molecule has 0 aromatic rings. The minimum Gasteiger partial charge on any atom is -0.480 e. The number of carbonyl (C=O) groups is 5. The average molecular weight is 444 g/mol. The zero-order valence-electron chi connectivity index (χ0n) is 17.9. The van der Waals surface area contributed by atoms with Gasteiger partial charge in [-0.3, -0.25) is 19.2 Å². The second kappa shape index (κ2) is 12.2. The Bertz CT molecular complexity index is 687. The molecule has 176 valence electrons. The third-order valence-corrected chi connectivity index (χ3v) is 5.45. The van der Waals surface area contributed by atoms with Crippen LogP contribution in [0.5, 0.6) is 0 Å². The molecular weight excluding hydrogens is 410 g/mol. The molecule has 1 fully saturated rings. The standard InChI is InChI=1S/C19H33N5O7/c1-3-10(2)15(19(30)31)23-16(27)12(9-25)22-17(28)13-5-4-8-24(13)18(29)11(20)6-7-14(21)26/h10-13,15,25H,3-9,20H2,1-2H3,(H2,21,26)(H,22,28)(H,23,27)(H,30,31). The van der Waals surface area contributed by atoms with Crippen LogP contribution in [0.4, 0.5) is 0 Å². The molecule has 0 aromatic carbocycles. The van der Waals surface area contributed by atoms with Crippen LogP contribution in [0.25, 0.3) is 0 Å². The summed E-state index contributed by atoms with van der Waals surface area (Å²) in [5.74, 6) is -4.17. The van der Waals surface area contributed by atoms with Crippen molar-refractivity contribution in [2.24, 2.45) is 17.4 Å². The first-order valence-corrected chi connectivity index (χ1v) is 10.3. The summed E-state index contributed by atoms with van der Waals surface area (Å²) in [5.41, 5.74) is 10.9. The lowest BCUT2D eigenvalue weighted by molar-refractivity contribution is -0.144. The lowest BCUT2D eigenvalue weighted by Gasteiger charge is -2.28. The number of carbonyl (C=O) groups excluding carboxylic acids is 4. The highest BCUT2D eigenvalue weighted by Crippen LogP contribution is 2.19. The Balaban J connectivity index is 2.79. The number of primary amides is 1. The Morgan fingerprint density at radius 1 is 1.19 bits per heavy atom. The van der Waals surface area contributed by atoms with Gasteiger partial charge in [0.15, 0.2) is 0 Å². The molecule has 0 saturated carbocycles. The summed E-state index contributed by atoms with van der Waals surface area (Å²) in [6.07, 6.45) is 1.36. The summed E-state index contributed by atoms with van der Waals surface area (Å²) < 4.78 is 0. The van der Waals surface area contributed by atoms with Gasteiger partial charge >= 0.3 is 5.97 Å². The Morgan fingerprint density at radius 2 is 1.84 bits per heavy atom. The lowest BCUT2D eigenvalue weighted by atomic mass is 9.99. The number of likely N-dealkylation sites (tertiary alicyclic amines) is 1. The number of hydrogen-bond donors (Lipinski definition) is 6. The van der Waals surface area contributed by atoms with Crippen LogP contribution >= 0.6 is 0 Å². The number of aliphatic carboxylic acids is 1.